The Morgan fingerprint density at radius 1 is 1.43 bits per heavy atom. The summed E-state index contributed by atoms with van der Waals surface area (Å²) in [6, 6.07) is 0. The van der Waals surface area contributed by atoms with E-state index in [-0.39, 0.29) is 0 Å². The molecule has 0 aliphatic heterocycles. The van der Waals surface area contributed by atoms with Gasteiger partial charge in [0.25, 0.3) is 0 Å². The highest BCUT2D eigenvalue weighted by Crippen LogP contribution is 2.15. The van der Waals surface area contributed by atoms with Crippen molar-refractivity contribution in [3.05, 3.63) is 22.6 Å². The molecule has 0 aromatic carbocycles. The number of nitrogen functional groups attached to an aromatic ring is 1. The molecule has 0 saturated carbocycles. The molecule has 0 saturated heterocycles. The van der Waals surface area contributed by atoms with Gasteiger partial charge in [-0.05, 0) is 15.9 Å². The van der Waals surface area contributed by atoms with E-state index in [0.717, 1.165) is 10.2 Å². The van der Waals surface area contributed by atoms with Gasteiger partial charge in [0.2, 0.25) is 0 Å². The van der Waals surface area contributed by atoms with Gasteiger partial charge in [-0.3, -0.25) is 4.68 Å². The zero-order valence-corrected chi connectivity index (χ0v) is 9.14. The maximum atomic E-state index is 5.46. The molecule has 0 unspecified atom stereocenters. The van der Waals surface area contributed by atoms with Gasteiger partial charge in [-0.25, -0.2) is 0 Å². The molecule has 74 valence electrons. The number of anilines is 1. The smallest absolute Gasteiger partial charge is 0.165 e. The Kier molecular flexibility index (Phi) is 2.24. The van der Waals surface area contributed by atoms with E-state index >= 15 is 0 Å². The number of hydrogen-bond acceptors (Lipinski definition) is 4. The first-order valence-electron chi connectivity index (χ1n) is 3.99. The number of nitrogens with two attached hydrogens (primary N) is 1. The van der Waals surface area contributed by atoms with Gasteiger partial charge in [-0.2, -0.15) is 15.0 Å². The van der Waals surface area contributed by atoms with Crippen LogP contribution >= 0.6 is 15.9 Å². The molecule has 2 heterocycles. The first-order chi connectivity index (χ1) is 6.66. The van der Waals surface area contributed by atoms with Crippen LogP contribution in [-0.4, -0.2) is 24.8 Å². The van der Waals surface area contributed by atoms with E-state index in [1.54, 1.807) is 10.9 Å². The van der Waals surface area contributed by atoms with Crippen LogP contribution in [0, 0.1) is 0 Å². The molecule has 0 fully saturated rings. The minimum atomic E-state index is 0.420. The van der Waals surface area contributed by atoms with Gasteiger partial charge < -0.3 is 5.73 Å². The summed E-state index contributed by atoms with van der Waals surface area (Å²) in [7, 11) is 1.87. The third-order valence-corrected chi connectivity index (χ3v) is 2.52. The maximum absolute atomic E-state index is 5.46. The molecule has 2 aromatic rings. The first kappa shape index (κ1) is 9.20. The van der Waals surface area contributed by atoms with E-state index in [0.29, 0.717) is 12.4 Å². The second-order valence-corrected chi connectivity index (χ2v) is 3.72. The summed E-state index contributed by atoms with van der Waals surface area (Å²) in [6.45, 7) is 0.550. The monoisotopic (exact) mass is 256 g/mol. The largest absolute Gasteiger partial charge is 0.381 e. The molecule has 0 atom stereocenters. The van der Waals surface area contributed by atoms with Crippen molar-refractivity contribution in [1.29, 1.82) is 0 Å². The van der Waals surface area contributed by atoms with Gasteiger partial charge in [0.15, 0.2) is 5.82 Å². The lowest BCUT2D eigenvalue weighted by Crippen LogP contribution is -2.09. The molecule has 0 bridgehead atoms. The molecule has 7 heteroatoms. The van der Waals surface area contributed by atoms with E-state index in [1.165, 1.54) is 11.0 Å². The predicted molar refractivity (Wildman–Crippen MR) is 54.4 cm³/mol. The Labute approximate surface area is 88.8 Å². The summed E-state index contributed by atoms with van der Waals surface area (Å²) < 4.78 is 2.71. The van der Waals surface area contributed by atoms with Crippen molar-refractivity contribution in [3.63, 3.8) is 0 Å². The SMILES string of the molecule is Cn1ncc(Br)c1Cn1ncc(N)n1. The zero-order valence-electron chi connectivity index (χ0n) is 7.55. The van der Waals surface area contributed by atoms with Gasteiger partial charge in [-0.15, -0.1) is 5.10 Å². The fourth-order valence-corrected chi connectivity index (χ4v) is 1.61. The quantitative estimate of drug-likeness (QED) is 0.845. The predicted octanol–water partition coefficient (Wildman–Crippen LogP) is 0.405. The van der Waals surface area contributed by atoms with Crippen LogP contribution in [0.5, 0.6) is 0 Å². The lowest BCUT2D eigenvalue weighted by Gasteiger charge is -2.01. The summed E-state index contributed by atoms with van der Waals surface area (Å²) in [4.78, 5) is 1.52. The average Bonchev–Trinajstić information content (AvgIpc) is 2.67. The molecule has 14 heavy (non-hydrogen) atoms. The van der Waals surface area contributed by atoms with Gasteiger partial charge in [-0.1, -0.05) is 0 Å². The van der Waals surface area contributed by atoms with Gasteiger partial charge >= 0.3 is 0 Å². The van der Waals surface area contributed by atoms with Crippen LogP contribution < -0.4 is 5.73 Å². The highest BCUT2D eigenvalue weighted by atomic mass is 79.9. The Morgan fingerprint density at radius 2 is 2.21 bits per heavy atom. The van der Waals surface area contributed by atoms with Crippen molar-refractivity contribution in [3.8, 4) is 0 Å². The van der Waals surface area contributed by atoms with Crippen molar-refractivity contribution in [2.45, 2.75) is 6.54 Å². The van der Waals surface area contributed by atoms with Crippen LogP contribution in [0.1, 0.15) is 5.69 Å². The van der Waals surface area contributed by atoms with Crippen molar-refractivity contribution in [1.82, 2.24) is 24.8 Å². The molecule has 2 N–H and O–H groups in total. The van der Waals surface area contributed by atoms with Crippen molar-refractivity contribution in [2.75, 3.05) is 5.73 Å². The number of aromatic nitrogens is 5. The molecule has 0 aliphatic rings. The standard InChI is InChI=1S/C7H9BrN6/c1-13-6(5(8)2-10-13)4-14-11-3-7(9)12-14/h2-3H,4H2,1H3,(H2,9,12). The van der Waals surface area contributed by atoms with Crippen LogP contribution in [0.15, 0.2) is 16.9 Å². The van der Waals surface area contributed by atoms with Crippen molar-refractivity contribution < 1.29 is 0 Å². The van der Waals surface area contributed by atoms with Crippen molar-refractivity contribution >= 4 is 21.7 Å². The Bertz CT molecular complexity index is 425. The fourth-order valence-electron chi connectivity index (χ4n) is 1.13. The molecule has 6 nitrogen and oxygen atoms in total. The third-order valence-electron chi connectivity index (χ3n) is 1.86. The molecule has 2 rings (SSSR count). The second kappa shape index (κ2) is 3.41. The maximum Gasteiger partial charge on any atom is 0.165 e. The number of halogens is 1. The normalized spacial score (nSPS) is 10.7. The second-order valence-electron chi connectivity index (χ2n) is 2.86. The number of rotatable bonds is 2. The van der Waals surface area contributed by atoms with Crippen LogP contribution in [-0.2, 0) is 13.6 Å². The van der Waals surface area contributed by atoms with Gasteiger partial charge in [0.05, 0.1) is 22.6 Å². The Hall–Kier alpha value is -1.37. The molecular weight excluding hydrogens is 248 g/mol. The van der Waals surface area contributed by atoms with Crippen molar-refractivity contribution in [2.24, 2.45) is 7.05 Å². The van der Waals surface area contributed by atoms with Gasteiger partial charge in [0, 0.05) is 7.05 Å². The fraction of sp³-hybridized carbons (Fsp3) is 0.286. The van der Waals surface area contributed by atoms with Crippen LogP contribution in [0.4, 0.5) is 5.82 Å². The highest BCUT2D eigenvalue weighted by molar-refractivity contribution is 9.10. The Morgan fingerprint density at radius 3 is 2.71 bits per heavy atom. The number of aryl methyl sites for hydroxylation is 1. The molecule has 0 spiro atoms. The first-order valence-corrected chi connectivity index (χ1v) is 4.78. The molecule has 0 amide bonds. The van der Waals surface area contributed by atoms with Crippen LogP contribution in [0.25, 0.3) is 0 Å². The topological polar surface area (TPSA) is 74.5 Å². The van der Waals surface area contributed by atoms with Crippen LogP contribution in [0.2, 0.25) is 0 Å². The highest BCUT2D eigenvalue weighted by Gasteiger charge is 2.07. The molecular formula is C7H9BrN6. The minimum absolute atomic E-state index is 0.420. The summed E-state index contributed by atoms with van der Waals surface area (Å²) >= 11 is 3.40. The molecule has 0 aliphatic carbocycles. The van der Waals surface area contributed by atoms with Crippen LogP contribution in [0.3, 0.4) is 0 Å². The number of nitrogens with zero attached hydrogens (tertiary/aromatic N) is 5. The molecule has 2 aromatic heterocycles. The minimum Gasteiger partial charge on any atom is -0.381 e. The van der Waals surface area contributed by atoms with E-state index in [9.17, 15) is 0 Å². The van der Waals surface area contributed by atoms with E-state index in [4.69, 9.17) is 5.73 Å². The molecule has 0 radical (unpaired) electrons. The third kappa shape index (κ3) is 1.63. The van der Waals surface area contributed by atoms with E-state index in [2.05, 4.69) is 31.2 Å². The van der Waals surface area contributed by atoms with E-state index < -0.39 is 0 Å². The lowest BCUT2D eigenvalue weighted by molar-refractivity contribution is 0.556. The summed E-state index contributed by atoms with van der Waals surface area (Å²) in [5.74, 6) is 0.420. The Balaban J connectivity index is 2.26. The lowest BCUT2D eigenvalue weighted by atomic mass is 10.4. The van der Waals surface area contributed by atoms with Gasteiger partial charge in [0.1, 0.15) is 6.54 Å². The summed E-state index contributed by atoms with van der Waals surface area (Å²) in [5.41, 5.74) is 6.46. The number of hydrogen-bond donors (Lipinski definition) is 1. The summed E-state index contributed by atoms with van der Waals surface area (Å²) in [6.07, 6.45) is 3.26. The summed E-state index contributed by atoms with van der Waals surface area (Å²) in [5, 5.41) is 12.1. The average molecular weight is 257 g/mol. The zero-order chi connectivity index (χ0) is 10.1. The van der Waals surface area contributed by atoms with E-state index in [1.807, 2.05) is 7.05 Å².